The smallest absolute Gasteiger partial charge is 0.0406 e. The molecule has 0 aliphatic carbocycles. The van der Waals surface area contributed by atoms with Gasteiger partial charge in [-0.3, -0.25) is 4.90 Å². The lowest BCUT2D eigenvalue weighted by Crippen LogP contribution is -2.46. The summed E-state index contributed by atoms with van der Waals surface area (Å²) in [5, 5.41) is 4.40. The number of hydrogen-bond donors (Lipinski definition) is 1. The first-order valence-corrected chi connectivity index (χ1v) is 7.85. The maximum absolute atomic E-state index is 5.96. The van der Waals surface area contributed by atoms with Crippen LogP contribution in [0.2, 0.25) is 5.02 Å². The van der Waals surface area contributed by atoms with Crippen molar-refractivity contribution < 1.29 is 0 Å². The molecule has 0 fully saturated rings. The van der Waals surface area contributed by atoms with Crippen LogP contribution in [0.25, 0.3) is 0 Å². The van der Waals surface area contributed by atoms with Crippen LogP contribution in [-0.4, -0.2) is 30.1 Å². The van der Waals surface area contributed by atoms with Gasteiger partial charge in [-0.2, -0.15) is 0 Å². The Bertz CT molecular complexity index is 394. The molecule has 1 aromatic rings. The van der Waals surface area contributed by atoms with Gasteiger partial charge in [0.2, 0.25) is 0 Å². The normalized spacial score (nSPS) is 15.4. The highest BCUT2D eigenvalue weighted by molar-refractivity contribution is 6.30. The fraction of sp³-hybridized carbons (Fsp3) is 0.647. The van der Waals surface area contributed by atoms with Crippen LogP contribution >= 0.6 is 11.6 Å². The number of nitrogens with one attached hydrogen (secondary N) is 1. The summed E-state index contributed by atoms with van der Waals surface area (Å²) in [4.78, 5) is 2.45. The Hall–Kier alpha value is -0.570. The summed E-state index contributed by atoms with van der Waals surface area (Å²) in [6.45, 7) is 12.1. The summed E-state index contributed by atoms with van der Waals surface area (Å²) in [6.07, 6.45) is 1.14. The monoisotopic (exact) mass is 296 g/mol. The van der Waals surface area contributed by atoms with Gasteiger partial charge in [0, 0.05) is 29.2 Å². The maximum atomic E-state index is 5.96. The Kier molecular flexibility index (Phi) is 6.50. The van der Waals surface area contributed by atoms with Crippen molar-refractivity contribution >= 4 is 11.6 Å². The van der Waals surface area contributed by atoms with Crippen molar-refractivity contribution in [2.24, 2.45) is 0 Å². The molecule has 0 heterocycles. The van der Waals surface area contributed by atoms with Gasteiger partial charge in [-0.25, -0.2) is 0 Å². The second kappa shape index (κ2) is 7.44. The minimum absolute atomic E-state index is 0.164. The average molecular weight is 297 g/mol. The molecule has 2 unspecified atom stereocenters. The number of likely N-dealkylation sites (N-methyl/N-ethyl adjacent to an activating group) is 1. The third kappa shape index (κ3) is 5.43. The predicted molar refractivity (Wildman–Crippen MR) is 89.5 cm³/mol. The Morgan fingerprint density at radius 1 is 1.20 bits per heavy atom. The minimum atomic E-state index is 0.164. The molecule has 1 rings (SSSR count). The van der Waals surface area contributed by atoms with E-state index in [9.17, 15) is 0 Å². The third-order valence-electron chi connectivity index (χ3n) is 3.88. The van der Waals surface area contributed by atoms with Crippen LogP contribution in [-0.2, 0) is 0 Å². The molecule has 0 radical (unpaired) electrons. The van der Waals surface area contributed by atoms with E-state index in [-0.39, 0.29) is 5.54 Å². The molecular formula is C17H29ClN2. The van der Waals surface area contributed by atoms with Crippen LogP contribution in [0.5, 0.6) is 0 Å². The Morgan fingerprint density at radius 3 is 2.20 bits per heavy atom. The molecule has 0 spiro atoms. The molecule has 1 aromatic carbocycles. The fourth-order valence-electron chi connectivity index (χ4n) is 2.29. The van der Waals surface area contributed by atoms with Gasteiger partial charge in [0.1, 0.15) is 0 Å². The Morgan fingerprint density at radius 2 is 1.75 bits per heavy atom. The highest BCUT2D eigenvalue weighted by atomic mass is 35.5. The first-order chi connectivity index (χ1) is 9.24. The zero-order chi connectivity index (χ0) is 15.3. The van der Waals surface area contributed by atoms with Gasteiger partial charge >= 0.3 is 0 Å². The molecule has 2 atom stereocenters. The van der Waals surface area contributed by atoms with Crippen LogP contribution in [0.3, 0.4) is 0 Å². The van der Waals surface area contributed by atoms with Gasteiger partial charge in [0.15, 0.2) is 0 Å². The van der Waals surface area contributed by atoms with E-state index in [0.29, 0.717) is 12.1 Å². The molecule has 1 N–H and O–H groups in total. The molecule has 2 nitrogen and oxygen atoms in total. The summed E-state index contributed by atoms with van der Waals surface area (Å²) < 4.78 is 0. The van der Waals surface area contributed by atoms with Crippen molar-refractivity contribution in [3.8, 4) is 0 Å². The molecule has 0 saturated heterocycles. The van der Waals surface area contributed by atoms with E-state index in [1.54, 1.807) is 0 Å². The molecule has 0 aliphatic rings. The van der Waals surface area contributed by atoms with Crippen molar-refractivity contribution in [2.45, 2.75) is 58.7 Å². The van der Waals surface area contributed by atoms with Crippen molar-refractivity contribution in [3.05, 3.63) is 34.9 Å². The zero-order valence-corrected chi connectivity index (χ0v) is 14.5. The Labute approximate surface area is 129 Å². The van der Waals surface area contributed by atoms with Crippen molar-refractivity contribution in [2.75, 3.05) is 13.6 Å². The topological polar surface area (TPSA) is 15.3 Å². The van der Waals surface area contributed by atoms with E-state index in [2.05, 4.69) is 64.0 Å². The molecule has 0 bridgehead atoms. The van der Waals surface area contributed by atoms with Gasteiger partial charge in [-0.05, 0) is 58.9 Å². The van der Waals surface area contributed by atoms with Gasteiger partial charge in [-0.1, -0.05) is 30.7 Å². The van der Waals surface area contributed by atoms with Gasteiger partial charge < -0.3 is 5.32 Å². The third-order valence-corrected chi connectivity index (χ3v) is 4.13. The highest BCUT2D eigenvalue weighted by Crippen LogP contribution is 2.23. The lowest BCUT2D eigenvalue weighted by Gasteiger charge is -2.35. The van der Waals surface area contributed by atoms with Crippen LogP contribution in [0.1, 0.15) is 52.6 Å². The molecule has 3 heteroatoms. The summed E-state index contributed by atoms with van der Waals surface area (Å²) in [5.74, 6) is 0. The van der Waals surface area contributed by atoms with E-state index >= 15 is 0 Å². The molecule has 0 aromatic heterocycles. The van der Waals surface area contributed by atoms with Crippen LogP contribution in [0, 0.1) is 0 Å². The molecule has 114 valence electrons. The second-order valence-electron chi connectivity index (χ2n) is 6.59. The molecular weight excluding hydrogens is 268 g/mol. The standard InChI is InChI=1S/C17H29ClN2/c1-7-16(12-19-17(3,4)5)20(6)13(2)14-8-10-15(18)11-9-14/h8-11,13,16,19H,7,12H2,1-6H3. The van der Waals surface area contributed by atoms with Crippen LogP contribution in [0.15, 0.2) is 24.3 Å². The molecule has 0 aliphatic heterocycles. The fourth-order valence-corrected chi connectivity index (χ4v) is 2.42. The van der Waals surface area contributed by atoms with Crippen LogP contribution < -0.4 is 5.32 Å². The summed E-state index contributed by atoms with van der Waals surface area (Å²) >= 11 is 5.96. The van der Waals surface area contributed by atoms with Crippen LogP contribution in [0.4, 0.5) is 0 Å². The van der Waals surface area contributed by atoms with Crippen molar-refractivity contribution in [1.82, 2.24) is 10.2 Å². The highest BCUT2D eigenvalue weighted by Gasteiger charge is 2.21. The van der Waals surface area contributed by atoms with Gasteiger partial charge in [0.05, 0.1) is 0 Å². The number of nitrogens with zero attached hydrogens (tertiary/aromatic N) is 1. The van der Waals surface area contributed by atoms with E-state index in [1.165, 1.54) is 5.56 Å². The zero-order valence-electron chi connectivity index (χ0n) is 13.7. The van der Waals surface area contributed by atoms with E-state index in [4.69, 9.17) is 11.6 Å². The summed E-state index contributed by atoms with van der Waals surface area (Å²) in [7, 11) is 2.21. The Balaban J connectivity index is 2.69. The van der Waals surface area contributed by atoms with E-state index in [1.807, 2.05) is 12.1 Å². The maximum Gasteiger partial charge on any atom is 0.0406 e. The quantitative estimate of drug-likeness (QED) is 0.831. The molecule has 20 heavy (non-hydrogen) atoms. The number of hydrogen-bond acceptors (Lipinski definition) is 2. The van der Waals surface area contributed by atoms with E-state index in [0.717, 1.165) is 18.0 Å². The number of benzene rings is 1. The largest absolute Gasteiger partial charge is 0.311 e. The predicted octanol–water partition coefficient (Wildman–Crippen LogP) is 4.50. The minimum Gasteiger partial charge on any atom is -0.311 e. The lowest BCUT2D eigenvalue weighted by molar-refractivity contribution is 0.167. The van der Waals surface area contributed by atoms with Crippen molar-refractivity contribution in [1.29, 1.82) is 0 Å². The summed E-state index contributed by atoms with van der Waals surface area (Å²) in [5.41, 5.74) is 1.48. The first kappa shape index (κ1) is 17.5. The van der Waals surface area contributed by atoms with Gasteiger partial charge in [-0.15, -0.1) is 0 Å². The van der Waals surface area contributed by atoms with E-state index < -0.39 is 0 Å². The molecule has 0 amide bonds. The summed E-state index contributed by atoms with van der Waals surface area (Å²) in [6, 6.07) is 9.09. The second-order valence-corrected chi connectivity index (χ2v) is 7.02. The molecule has 0 saturated carbocycles. The lowest BCUT2D eigenvalue weighted by atomic mass is 10.0. The average Bonchev–Trinajstić information content (AvgIpc) is 2.38. The number of rotatable bonds is 6. The first-order valence-electron chi connectivity index (χ1n) is 7.47. The van der Waals surface area contributed by atoms with Gasteiger partial charge in [0.25, 0.3) is 0 Å². The van der Waals surface area contributed by atoms with Crippen molar-refractivity contribution in [3.63, 3.8) is 0 Å². The SMILES string of the molecule is CCC(CNC(C)(C)C)N(C)C(C)c1ccc(Cl)cc1. The number of halogens is 1.